The Labute approximate surface area is 239 Å². The van der Waals surface area contributed by atoms with Crippen LogP contribution < -0.4 is 24.8 Å². The van der Waals surface area contributed by atoms with E-state index in [1.54, 1.807) is 26.4 Å². The summed E-state index contributed by atoms with van der Waals surface area (Å²) in [6.45, 7) is 2.12. The number of hydrogen-bond acceptors (Lipinski definition) is 8. The molecule has 3 fully saturated rings. The second-order valence-corrected chi connectivity index (χ2v) is 10.6. The van der Waals surface area contributed by atoms with Crippen LogP contribution in [0.15, 0.2) is 42.5 Å². The molecule has 216 valence electrons. The summed E-state index contributed by atoms with van der Waals surface area (Å²) in [6, 6.07) is 14.3. The largest absolute Gasteiger partial charge is 0.493 e. The van der Waals surface area contributed by atoms with Crippen LogP contribution >= 0.6 is 0 Å². The molecule has 5 rings (SSSR count). The van der Waals surface area contributed by atoms with Gasteiger partial charge in [0.05, 0.1) is 32.3 Å². The SMILES string of the molecule is COc1ccc(OC(CCCN2C3CCC2CN(C(=O)CC2NC(=O)NC2=O)C3)c2ccc(C#N)cc2)cc1OC. The van der Waals surface area contributed by atoms with E-state index in [-0.39, 0.29) is 30.5 Å². The fraction of sp³-hybridized carbons (Fsp3) is 0.467. The van der Waals surface area contributed by atoms with Gasteiger partial charge in [-0.05, 0) is 62.1 Å². The van der Waals surface area contributed by atoms with Gasteiger partial charge in [-0.1, -0.05) is 12.1 Å². The van der Waals surface area contributed by atoms with Gasteiger partial charge in [-0.15, -0.1) is 0 Å². The summed E-state index contributed by atoms with van der Waals surface area (Å²) >= 11 is 0. The number of amides is 4. The van der Waals surface area contributed by atoms with Crippen molar-refractivity contribution in [3.8, 4) is 23.3 Å². The van der Waals surface area contributed by atoms with Gasteiger partial charge in [-0.3, -0.25) is 19.8 Å². The number of nitriles is 1. The molecule has 4 atom stereocenters. The zero-order chi connectivity index (χ0) is 28.9. The highest BCUT2D eigenvalue weighted by molar-refractivity contribution is 6.05. The third-order valence-electron chi connectivity index (χ3n) is 8.15. The van der Waals surface area contributed by atoms with Gasteiger partial charge in [-0.25, -0.2) is 4.79 Å². The number of carbonyl (C=O) groups excluding carboxylic acids is 3. The van der Waals surface area contributed by atoms with Crippen LogP contribution in [0.5, 0.6) is 17.2 Å². The number of fused-ring (bicyclic) bond motifs is 2. The van der Waals surface area contributed by atoms with Gasteiger partial charge in [0.25, 0.3) is 5.91 Å². The molecule has 4 unspecified atom stereocenters. The van der Waals surface area contributed by atoms with E-state index >= 15 is 0 Å². The van der Waals surface area contributed by atoms with Crippen molar-refractivity contribution < 1.29 is 28.6 Å². The molecular formula is C30H35N5O6. The lowest BCUT2D eigenvalue weighted by Gasteiger charge is -2.41. The van der Waals surface area contributed by atoms with Gasteiger partial charge in [0.2, 0.25) is 5.91 Å². The molecule has 41 heavy (non-hydrogen) atoms. The molecule has 2 aromatic rings. The molecule has 11 nitrogen and oxygen atoms in total. The van der Waals surface area contributed by atoms with Gasteiger partial charge >= 0.3 is 6.03 Å². The number of nitrogens with one attached hydrogen (secondary N) is 2. The molecule has 0 aliphatic carbocycles. The van der Waals surface area contributed by atoms with Gasteiger partial charge in [-0.2, -0.15) is 5.26 Å². The molecule has 2 N–H and O–H groups in total. The van der Waals surface area contributed by atoms with Crippen molar-refractivity contribution in [2.24, 2.45) is 0 Å². The Hall–Kier alpha value is -4.30. The molecule has 4 amide bonds. The highest BCUT2D eigenvalue weighted by atomic mass is 16.5. The summed E-state index contributed by atoms with van der Waals surface area (Å²) in [7, 11) is 3.18. The lowest BCUT2D eigenvalue weighted by Crippen LogP contribution is -2.56. The number of nitrogens with zero attached hydrogens (tertiary/aromatic N) is 3. The molecule has 3 saturated heterocycles. The summed E-state index contributed by atoms with van der Waals surface area (Å²) in [4.78, 5) is 40.5. The van der Waals surface area contributed by atoms with Crippen LogP contribution in [0.3, 0.4) is 0 Å². The van der Waals surface area contributed by atoms with Crippen LogP contribution in [0.1, 0.15) is 49.3 Å². The lowest BCUT2D eigenvalue weighted by atomic mass is 10.0. The summed E-state index contributed by atoms with van der Waals surface area (Å²) in [5.41, 5.74) is 1.58. The van der Waals surface area contributed by atoms with Crippen LogP contribution in [-0.4, -0.2) is 79.6 Å². The number of hydrogen-bond donors (Lipinski definition) is 2. The third-order valence-corrected chi connectivity index (χ3v) is 8.15. The molecule has 0 saturated carbocycles. The van der Waals surface area contributed by atoms with E-state index in [4.69, 9.17) is 14.2 Å². The molecular weight excluding hydrogens is 526 g/mol. The average molecular weight is 562 g/mol. The Balaban J connectivity index is 1.20. The molecule has 11 heteroatoms. The van der Waals surface area contributed by atoms with Gasteiger partial charge in [0.15, 0.2) is 11.5 Å². The summed E-state index contributed by atoms with van der Waals surface area (Å²) in [5.74, 6) is 1.32. The molecule has 3 heterocycles. The highest BCUT2D eigenvalue weighted by Crippen LogP contribution is 2.35. The first kappa shape index (κ1) is 28.2. The normalized spacial score (nSPS) is 22.5. The Bertz CT molecular complexity index is 1310. The number of piperazine rings is 1. The van der Waals surface area contributed by atoms with E-state index in [2.05, 4.69) is 21.6 Å². The second kappa shape index (κ2) is 12.5. The summed E-state index contributed by atoms with van der Waals surface area (Å²) in [5, 5.41) is 13.9. The van der Waals surface area contributed by atoms with Gasteiger partial charge in [0, 0.05) is 31.2 Å². The van der Waals surface area contributed by atoms with Crippen molar-refractivity contribution in [3.05, 3.63) is 53.6 Å². The van der Waals surface area contributed by atoms with Crippen LogP contribution in [0.2, 0.25) is 0 Å². The van der Waals surface area contributed by atoms with Crippen LogP contribution in [0.25, 0.3) is 0 Å². The van der Waals surface area contributed by atoms with E-state index in [0.29, 0.717) is 35.9 Å². The van der Waals surface area contributed by atoms with Crippen molar-refractivity contribution in [2.75, 3.05) is 33.9 Å². The van der Waals surface area contributed by atoms with Crippen LogP contribution in [0.4, 0.5) is 4.79 Å². The highest BCUT2D eigenvalue weighted by Gasteiger charge is 2.42. The van der Waals surface area contributed by atoms with Gasteiger partial charge in [0.1, 0.15) is 17.9 Å². The summed E-state index contributed by atoms with van der Waals surface area (Å²) < 4.78 is 17.2. The van der Waals surface area contributed by atoms with Crippen LogP contribution in [0, 0.1) is 11.3 Å². The fourth-order valence-corrected chi connectivity index (χ4v) is 6.04. The Kier molecular flexibility index (Phi) is 8.59. The lowest BCUT2D eigenvalue weighted by molar-refractivity contribution is -0.136. The number of rotatable bonds is 11. The summed E-state index contributed by atoms with van der Waals surface area (Å²) in [6.07, 6.45) is 3.44. The first-order valence-corrected chi connectivity index (χ1v) is 13.9. The Morgan fingerprint density at radius 1 is 1.05 bits per heavy atom. The maximum absolute atomic E-state index is 12.9. The maximum Gasteiger partial charge on any atom is 0.322 e. The quantitative estimate of drug-likeness (QED) is 0.400. The minimum absolute atomic E-state index is 0.0171. The number of urea groups is 1. The van der Waals surface area contributed by atoms with Crippen molar-refractivity contribution in [1.29, 1.82) is 5.26 Å². The van der Waals surface area contributed by atoms with Crippen molar-refractivity contribution >= 4 is 17.8 Å². The molecule has 3 aliphatic rings. The first-order valence-electron chi connectivity index (χ1n) is 13.9. The number of likely N-dealkylation sites (tertiary alicyclic amines) is 1. The number of benzene rings is 2. The maximum atomic E-state index is 12.9. The average Bonchev–Trinajstić information content (AvgIpc) is 3.42. The van der Waals surface area contributed by atoms with E-state index < -0.39 is 18.0 Å². The Morgan fingerprint density at radius 2 is 1.76 bits per heavy atom. The standard InChI is InChI=1S/C30H35N5O6/c1-39-26-12-11-23(14-27(26)40-2)41-25(20-7-5-19(16-31)6-8-20)4-3-13-35-21-9-10-22(35)18-34(17-21)28(36)15-24-29(37)33-30(38)32-24/h5-8,11-12,14,21-22,24-25H,3-4,9-10,13,15,17-18H2,1-2H3,(H2,32,33,37,38). The smallest absolute Gasteiger partial charge is 0.322 e. The van der Waals surface area contributed by atoms with Crippen molar-refractivity contribution in [3.63, 3.8) is 0 Å². The molecule has 2 bridgehead atoms. The molecule has 3 aliphatic heterocycles. The molecule has 0 radical (unpaired) electrons. The molecule has 0 aromatic heterocycles. The third kappa shape index (κ3) is 6.38. The van der Waals surface area contributed by atoms with E-state index in [1.807, 2.05) is 35.2 Å². The number of ether oxygens (including phenoxy) is 3. The minimum Gasteiger partial charge on any atom is -0.493 e. The van der Waals surface area contributed by atoms with E-state index in [1.165, 1.54) is 0 Å². The van der Waals surface area contributed by atoms with Crippen molar-refractivity contribution in [2.45, 2.75) is 56.3 Å². The predicted octanol–water partition coefficient (Wildman–Crippen LogP) is 2.75. The van der Waals surface area contributed by atoms with E-state index in [0.717, 1.165) is 37.8 Å². The topological polar surface area (TPSA) is 133 Å². The monoisotopic (exact) mass is 561 g/mol. The zero-order valence-corrected chi connectivity index (χ0v) is 23.3. The molecule has 2 aromatic carbocycles. The fourth-order valence-electron chi connectivity index (χ4n) is 6.04. The predicted molar refractivity (Wildman–Crippen MR) is 148 cm³/mol. The first-order chi connectivity index (χ1) is 19.9. The number of carbonyl (C=O) groups is 3. The van der Waals surface area contributed by atoms with E-state index in [9.17, 15) is 19.6 Å². The van der Waals surface area contributed by atoms with Crippen LogP contribution in [-0.2, 0) is 9.59 Å². The second-order valence-electron chi connectivity index (χ2n) is 10.6. The van der Waals surface area contributed by atoms with Gasteiger partial charge < -0.3 is 24.4 Å². The van der Waals surface area contributed by atoms with Crippen molar-refractivity contribution in [1.82, 2.24) is 20.4 Å². The number of methoxy groups -OCH3 is 2. The zero-order valence-electron chi connectivity index (χ0n) is 23.3. The Morgan fingerprint density at radius 3 is 2.37 bits per heavy atom. The minimum atomic E-state index is -0.796. The number of imide groups is 1. The molecule has 0 spiro atoms.